The van der Waals surface area contributed by atoms with Crippen LogP contribution in [-0.4, -0.2) is 37.4 Å². The number of carbonyl (C=O) groups is 1. The first-order valence-corrected chi connectivity index (χ1v) is 11.0. The lowest BCUT2D eigenvalue weighted by atomic mass is 9.72. The largest absolute Gasteiger partial charge is 0.504 e. The highest BCUT2D eigenvalue weighted by molar-refractivity contribution is 6.01. The number of hydrogen-bond donors (Lipinski definition) is 2. The summed E-state index contributed by atoms with van der Waals surface area (Å²) in [5.74, 6) is 1.88. The van der Waals surface area contributed by atoms with Crippen LogP contribution in [0.2, 0.25) is 0 Å². The number of nitrogens with zero attached hydrogens (tertiary/aromatic N) is 1. The SMILES string of the molecule is COc1ccc([C@@H]2C3=C(C[C@@H](c4ccc(O)c(OC)c4)CC3=O)Nc3onc(C)c32)c(OC)c1. The van der Waals surface area contributed by atoms with Crippen molar-refractivity contribution in [1.29, 1.82) is 0 Å². The molecule has 2 aromatic carbocycles. The standard InChI is InChI=1S/C26H26N2O6/c1-13-23-24(17-7-6-16(31-2)12-21(17)32-3)25-18(27-26(23)34-28-13)9-15(10-20(25)30)14-5-8-19(29)22(11-14)33-4/h5-8,11-12,15,24,27,29H,9-10H2,1-4H3/t15-,24+/m1/s1. The van der Waals surface area contributed by atoms with Crippen LogP contribution in [0.25, 0.3) is 0 Å². The maximum Gasteiger partial charge on any atom is 0.233 e. The van der Waals surface area contributed by atoms with Gasteiger partial charge in [-0.25, -0.2) is 0 Å². The molecule has 8 nitrogen and oxygen atoms in total. The maximum atomic E-state index is 13.7. The number of benzene rings is 2. The van der Waals surface area contributed by atoms with Crippen LogP contribution in [0.1, 0.15) is 47.1 Å². The fraction of sp³-hybridized carbons (Fsp3) is 0.308. The number of nitrogens with one attached hydrogen (secondary N) is 1. The van der Waals surface area contributed by atoms with Crippen LogP contribution in [0.15, 0.2) is 52.2 Å². The van der Waals surface area contributed by atoms with Gasteiger partial charge in [0.15, 0.2) is 17.3 Å². The molecule has 5 rings (SSSR count). The average Bonchev–Trinajstić information content (AvgIpc) is 3.22. The molecular weight excluding hydrogens is 436 g/mol. The van der Waals surface area contributed by atoms with E-state index in [2.05, 4.69) is 10.5 Å². The van der Waals surface area contributed by atoms with Crippen LogP contribution in [0, 0.1) is 6.92 Å². The third-order valence-corrected chi connectivity index (χ3v) is 6.68. The first-order chi connectivity index (χ1) is 16.4. The minimum absolute atomic E-state index is 0.0416. The highest BCUT2D eigenvalue weighted by Crippen LogP contribution is 2.51. The molecule has 0 fully saturated rings. The number of carbonyl (C=O) groups excluding carboxylic acids is 1. The molecule has 1 aliphatic carbocycles. The summed E-state index contributed by atoms with van der Waals surface area (Å²) >= 11 is 0. The van der Waals surface area contributed by atoms with Crippen molar-refractivity contribution >= 4 is 11.7 Å². The van der Waals surface area contributed by atoms with Gasteiger partial charge in [0.1, 0.15) is 11.5 Å². The lowest BCUT2D eigenvalue weighted by Gasteiger charge is -2.35. The Morgan fingerprint density at radius 3 is 2.56 bits per heavy atom. The molecule has 2 N–H and O–H groups in total. The van der Waals surface area contributed by atoms with E-state index >= 15 is 0 Å². The highest BCUT2D eigenvalue weighted by Gasteiger charge is 2.42. The molecule has 0 radical (unpaired) electrons. The van der Waals surface area contributed by atoms with Crippen molar-refractivity contribution in [1.82, 2.24) is 5.16 Å². The van der Waals surface area contributed by atoms with Gasteiger partial charge in [0, 0.05) is 29.3 Å². The van der Waals surface area contributed by atoms with Crippen molar-refractivity contribution in [3.63, 3.8) is 0 Å². The lowest BCUT2D eigenvalue weighted by Crippen LogP contribution is -2.29. The molecule has 8 heteroatoms. The molecule has 2 aliphatic rings. The Bertz CT molecular complexity index is 1310. The number of phenols is 1. The monoisotopic (exact) mass is 462 g/mol. The number of hydrogen-bond acceptors (Lipinski definition) is 8. The molecule has 1 aliphatic heterocycles. The number of aromatic hydroxyl groups is 1. The van der Waals surface area contributed by atoms with Crippen LogP contribution >= 0.6 is 0 Å². The molecule has 0 amide bonds. The summed E-state index contributed by atoms with van der Waals surface area (Å²) in [6.45, 7) is 1.87. The Balaban J connectivity index is 1.62. The minimum Gasteiger partial charge on any atom is -0.504 e. The van der Waals surface area contributed by atoms with Crippen molar-refractivity contribution in [2.75, 3.05) is 26.6 Å². The van der Waals surface area contributed by atoms with Gasteiger partial charge in [-0.1, -0.05) is 17.3 Å². The molecule has 0 unspecified atom stereocenters. The topological polar surface area (TPSA) is 103 Å². The van der Waals surface area contributed by atoms with E-state index in [4.69, 9.17) is 18.7 Å². The smallest absolute Gasteiger partial charge is 0.233 e. The van der Waals surface area contributed by atoms with Gasteiger partial charge >= 0.3 is 0 Å². The van der Waals surface area contributed by atoms with E-state index in [9.17, 15) is 9.90 Å². The summed E-state index contributed by atoms with van der Waals surface area (Å²) < 4.78 is 21.9. The van der Waals surface area contributed by atoms with Gasteiger partial charge in [0.2, 0.25) is 5.88 Å². The van der Waals surface area contributed by atoms with E-state index < -0.39 is 0 Å². The maximum absolute atomic E-state index is 13.7. The van der Waals surface area contributed by atoms with Crippen LogP contribution < -0.4 is 19.5 Å². The average molecular weight is 463 g/mol. The first-order valence-electron chi connectivity index (χ1n) is 11.0. The summed E-state index contributed by atoms with van der Waals surface area (Å²) in [7, 11) is 4.72. The fourth-order valence-electron chi connectivity index (χ4n) is 5.02. The van der Waals surface area contributed by atoms with E-state index in [1.165, 1.54) is 7.11 Å². The van der Waals surface area contributed by atoms with Crippen molar-refractivity contribution < 1.29 is 28.6 Å². The predicted molar refractivity (Wildman–Crippen MR) is 125 cm³/mol. The zero-order valence-electron chi connectivity index (χ0n) is 19.5. The molecule has 0 saturated heterocycles. The molecule has 2 atom stereocenters. The summed E-state index contributed by atoms with van der Waals surface area (Å²) in [5, 5.41) is 17.5. The number of ketones is 1. The molecule has 3 aromatic rings. The molecule has 0 saturated carbocycles. The van der Waals surface area contributed by atoms with Crippen molar-refractivity contribution in [2.45, 2.75) is 31.6 Å². The zero-order chi connectivity index (χ0) is 24.0. The molecule has 176 valence electrons. The van der Waals surface area contributed by atoms with E-state index in [1.54, 1.807) is 26.4 Å². The fourth-order valence-corrected chi connectivity index (χ4v) is 5.02. The number of methoxy groups -OCH3 is 3. The number of allylic oxidation sites excluding steroid dienone is 2. The first kappa shape index (κ1) is 21.9. The van der Waals surface area contributed by atoms with Gasteiger partial charge in [-0.15, -0.1) is 0 Å². The van der Waals surface area contributed by atoms with Crippen molar-refractivity contribution in [3.8, 4) is 23.0 Å². The molecule has 2 heterocycles. The second-order valence-corrected chi connectivity index (χ2v) is 8.53. The third-order valence-electron chi connectivity index (χ3n) is 6.68. The number of anilines is 1. The van der Waals surface area contributed by atoms with Gasteiger partial charge < -0.3 is 29.2 Å². The van der Waals surface area contributed by atoms with Crippen LogP contribution in [-0.2, 0) is 4.79 Å². The number of aromatic nitrogens is 1. The van der Waals surface area contributed by atoms with Crippen molar-refractivity contribution in [2.24, 2.45) is 0 Å². The lowest BCUT2D eigenvalue weighted by molar-refractivity contribution is -0.116. The van der Waals surface area contributed by atoms with E-state index in [0.29, 0.717) is 41.5 Å². The summed E-state index contributed by atoms with van der Waals surface area (Å²) in [6, 6.07) is 10.8. The predicted octanol–water partition coefficient (Wildman–Crippen LogP) is 4.67. The zero-order valence-corrected chi connectivity index (χ0v) is 19.5. The van der Waals surface area contributed by atoms with Gasteiger partial charge in [0.25, 0.3) is 0 Å². The van der Waals surface area contributed by atoms with E-state index in [0.717, 1.165) is 28.1 Å². The molecule has 34 heavy (non-hydrogen) atoms. The number of phenolic OH excluding ortho intramolecular Hbond substituents is 1. The van der Waals surface area contributed by atoms with Gasteiger partial charge in [-0.3, -0.25) is 4.79 Å². The summed E-state index contributed by atoms with van der Waals surface area (Å²) in [4.78, 5) is 13.7. The molecular formula is C26H26N2O6. The van der Waals surface area contributed by atoms with Crippen LogP contribution in [0.4, 0.5) is 5.88 Å². The molecule has 0 spiro atoms. The Kier molecular flexibility index (Phi) is 5.43. The number of rotatable bonds is 5. The molecule has 1 aromatic heterocycles. The van der Waals surface area contributed by atoms with Gasteiger partial charge in [0.05, 0.1) is 38.5 Å². The highest BCUT2D eigenvalue weighted by atomic mass is 16.5. The second kappa shape index (κ2) is 8.44. The summed E-state index contributed by atoms with van der Waals surface area (Å²) in [5.41, 5.74) is 4.83. The molecule has 0 bridgehead atoms. The Morgan fingerprint density at radius 1 is 1.03 bits per heavy atom. The van der Waals surface area contributed by atoms with E-state index in [1.807, 2.05) is 31.2 Å². The van der Waals surface area contributed by atoms with Crippen LogP contribution in [0.5, 0.6) is 23.0 Å². The number of fused-ring (bicyclic) bond motifs is 1. The Hall–Kier alpha value is -3.94. The van der Waals surface area contributed by atoms with Crippen molar-refractivity contribution in [3.05, 3.63) is 70.1 Å². The number of ether oxygens (including phenoxy) is 3. The number of Topliss-reactive ketones (excluding diaryl/α,β-unsaturated/α-hetero) is 1. The normalized spacial score (nSPS) is 19.2. The summed E-state index contributed by atoms with van der Waals surface area (Å²) in [6.07, 6.45) is 0.937. The van der Waals surface area contributed by atoms with Gasteiger partial charge in [-0.05, 0) is 43.0 Å². The minimum atomic E-state index is -0.374. The number of aryl methyl sites for hydroxylation is 1. The van der Waals surface area contributed by atoms with Gasteiger partial charge in [-0.2, -0.15) is 0 Å². The quantitative estimate of drug-likeness (QED) is 0.564. The Labute approximate surface area is 197 Å². The van der Waals surface area contributed by atoms with E-state index in [-0.39, 0.29) is 23.4 Å². The van der Waals surface area contributed by atoms with Crippen LogP contribution in [0.3, 0.4) is 0 Å². The Morgan fingerprint density at radius 2 is 1.82 bits per heavy atom. The third kappa shape index (κ3) is 3.46. The second-order valence-electron chi connectivity index (χ2n) is 8.53.